The Morgan fingerprint density at radius 1 is 1.33 bits per heavy atom. The minimum Gasteiger partial charge on any atom is -0.335 e. The fourth-order valence-electron chi connectivity index (χ4n) is 3.24. The predicted molar refractivity (Wildman–Crippen MR) is 69.8 cm³/mol. The molecule has 2 saturated heterocycles. The van der Waals surface area contributed by atoms with Crippen molar-refractivity contribution in [3.05, 3.63) is 23.9 Å². The van der Waals surface area contributed by atoms with Crippen LogP contribution in [-0.4, -0.2) is 40.3 Å². The van der Waals surface area contributed by atoms with Gasteiger partial charge in [-0.05, 0) is 31.4 Å². The highest BCUT2D eigenvalue weighted by atomic mass is 15.4. The van der Waals surface area contributed by atoms with Crippen LogP contribution in [-0.2, 0) is 0 Å². The van der Waals surface area contributed by atoms with Gasteiger partial charge in [0.05, 0.1) is 0 Å². The summed E-state index contributed by atoms with van der Waals surface area (Å²) >= 11 is 0. The van der Waals surface area contributed by atoms with Crippen molar-refractivity contribution in [2.45, 2.75) is 19.4 Å². The lowest BCUT2D eigenvalue weighted by Crippen LogP contribution is -2.34. The summed E-state index contributed by atoms with van der Waals surface area (Å²) in [5.41, 5.74) is 2.07. The van der Waals surface area contributed by atoms with Crippen LogP contribution in [0.2, 0.25) is 0 Å². The van der Waals surface area contributed by atoms with E-state index in [1.165, 1.54) is 6.42 Å². The summed E-state index contributed by atoms with van der Waals surface area (Å²) < 4.78 is 1.94. The van der Waals surface area contributed by atoms with Crippen LogP contribution in [0.5, 0.6) is 0 Å². The van der Waals surface area contributed by atoms with E-state index in [1.807, 2.05) is 16.6 Å². The Balaban J connectivity index is 1.76. The van der Waals surface area contributed by atoms with Crippen LogP contribution in [0.15, 0.2) is 18.2 Å². The van der Waals surface area contributed by atoms with Crippen molar-refractivity contribution in [1.82, 2.24) is 19.9 Å². The Morgan fingerprint density at radius 3 is 3.17 bits per heavy atom. The summed E-state index contributed by atoms with van der Waals surface area (Å²) in [6.45, 7) is 5.37. The second-order valence-electron chi connectivity index (χ2n) is 5.32. The Bertz CT molecular complexity index is 590. The summed E-state index contributed by atoms with van der Waals surface area (Å²) in [4.78, 5) is 7.04. The molecule has 0 spiro atoms. The normalized spacial score (nSPS) is 27.1. The molecule has 0 aromatic carbocycles. The Hall–Kier alpha value is -1.62. The number of hydrogen-bond acceptors (Lipinski definition) is 4. The molecule has 2 aliphatic rings. The highest BCUT2D eigenvalue weighted by molar-refractivity contribution is 5.47. The molecule has 18 heavy (non-hydrogen) atoms. The van der Waals surface area contributed by atoms with Crippen LogP contribution >= 0.6 is 0 Å². The fraction of sp³-hybridized carbons (Fsp3) is 0.538. The number of fused-ring (bicyclic) bond motifs is 2. The van der Waals surface area contributed by atoms with E-state index in [1.54, 1.807) is 0 Å². The van der Waals surface area contributed by atoms with Gasteiger partial charge in [-0.15, -0.1) is 5.10 Å². The van der Waals surface area contributed by atoms with E-state index >= 15 is 0 Å². The summed E-state index contributed by atoms with van der Waals surface area (Å²) in [5.74, 6) is 1.67. The molecule has 94 valence electrons. The molecule has 2 atom stereocenters. The first-order valence-corrected chi connectivity index (χ1v) is 6.63. The van der Waals surface area contributed by atoms with Gasteiger partial charge in [0, 0.05) is 31.4 Å². The molecule has 0 aliphatic carbocycles. The van der Waals surface area contributed by atoms with Gasteiger partial charge in [0.2, 0.25) is 5.95 Å². The Morgan fingerprint density at radius 2 is 2.28 bits per heavy atom. The number of rotatable bonds is 1. The third-order valence-electron chi connectivity index (χ3n) is 4.24. The first-order valence-electron chi connectivity index (χ1n) is 6.63. The molecule has 4 rings (SSSR count). The molecule has 2 fully saturated rings. The molecule has 2 aromatic rings. The van der Waals surface area contributed by atoms with E-state index in [-0.39, 0.29) is 0 Å². The number of aromatic nitrogens is 3. The average molecular weight is 243 g/mol. The van der Waals surface area contributed by atoms with Crippen LogP contribution in [0.1, 0.15) is 12.1 Å². The third kappa shape index (κ3) is 1.37. The Labute approximate surface area is 106 Å². The highest BCUT2D eigenvalue weighted by Crippen LogP contribution is 2.30. The highest BCUT2D eigenvalue weighted by Gasteiger charge is 2.39. The first kappa shape index (κ1) is 10.3. The summed E-state index contributed by atoms with van der Waals surface area (Å²) in [6, 6.07) is 6.70. The number of anilines is 1. The van der Waals surface area contributed by atoms with Gasteiger partial charge in [0.15, 0.2) is 5.65 Å². The van der Waals surface area contributed by atoms with Gasteiger partial charge in [-0.2, -0.15) is 4.98 Å². The summed E-state index contributed by atoms with van der Waals surface area (Å²) in [7, 11) is 0. The SMILES string of the molecule is Cc1cccc2nc(N3CC[C@H]4CNC[C@H]43)nn12. The average Bonchev–Trinajstić information content (AvgIpc) is 3.02. The molecular formula is C13H17N5. The standard InChI is InChI=1S/C13H17N5/c1-9-3-2-4-12-15-13(16-18(9)12)17-6-5-10-7-14-8-11(10)17/h2-4,10-11,14H,5-8H2,1H3/t10-,11+/m0/s1. The smallest absolute Gasteiger partial charge is 0.245 e. The minimum atomic E-state index is 0.586. The maximum absolute atomic E-state index is 4.67. The van der Waals surface area contributed by atoms with Crippen molar-refractivity contribution in [3.8, 4) is 0 Å². The third-order valence-corrected chi connectivity index (χ3v) is 4.24. The largest absolute Gasteiger partial charge is 0.335 e. The molecular weight excluding hydrogens is 226 g/mol. The molecule has 5 heteroatoms. The molecule has 0 radical (unpaired) electrons. The van der Waals surface area contributed by atoms with Crippen LogP contribution in [0.3, 0.4) is 0 Å². The van der Waals surface area contributed by atoms with Gasteiger partial charge in [0.25, 0.3) is 0 Å². The number of nitrogens with one attached hydrogen (secondary N) is 1. The maximum Gasteiger partial charge on any atom is 0.245 e. The quantitative estimate of drug-likeness (QED) is 0.806. The molecule has 5 nitrogen and oxygen atoms in total. The lowest BCUT2D eigenvalue weighted by Gasteiger charge is -2.21. The number of nitrogens with zero attached hydrogens (tertiary/aromatic N) is 4. The van der Waals surface area contributed by atoms with E-state index in [0.717, 1.165) is 42.8 Å². The van der Waals surface area contributed by atoms with Crippen LogP contribution in [0.25, 0.3) is 5.65 Å². The van der Waals surface area contributed by atoms with E-state index in [0.29, 0.717) is 6.04 Å². The maximum atomic E-state index is 4.67. The lowest BCUT2D eigenvalue weighted by molar-refractivity contribution is 0.576. The molecule has 2 aromatic heterocycles. The van der Waals surface area contributed by atoms with Crippen LogP contribution in [0, 0.1) is 12.8 Å². The fourth-order valence-corrected chi connectivity index (χ4v) is 3.24. The van der Waals surface area contributed by atoms with Gasteiger partial charge < -0.3 is 10.2 Å². The zero-order valence-corrected chi connectivity index (χ0v) is 10.5. The topological polar surface area (TPSA) is 45.5 Å². The van der Waals surface area contributed by atoms with Crippen molar-refractivity contribution in [1.29, 1.82) is 0 Å². The van der Waals surface area contributed by atoms with Crippen LogP contribution in [0.4, 0.5) is 5.95 Å². The van der Waals surface area contributed by atoms with Crippen LogP contribution < -0.4 is 10.2 Å². The molecule has 4 heterocycles. The van der Waals surface area contributed by atoms with E-state index < -0.39 is 0 Å². The van der Waals surface area contributed by atoms with Gasteiger partial charge in [0.1, 0.15) is 0 Å². The molecule has 0 amide bonds. The van der Waals surface area contributed by atoms with Gasteiger partial charge in [-0.3, -0.25) is 0 Å². The predicted octanol–water partition coefficient (Wildman–Crippen LogP) is 0.836. The molecule has 0 unspecified atom stereocenters. The van der Waals surface area contributed by atoms with Crippen molar-refractivity contribution in [2.24, 2.45) is 5.92 Å². The second-order valence-corrected chi connectivity index (χ2v) is 5.32. The van der Waals surface area contributed by atoms with Crippen molar-refractivity contribution < 1.29 is 0 Å². The number of aryl methyl sites for hydroxylation is 1. The first-order chi connectivity index (χ1) is 8.83. The lowest BCUT2D eigenvalue weighted by atomic mass is 10.1. The van der Waals surface area contributed by atoms with Crippen molar-refractivity contribution in [3.63, 3.8) is 0 Å². The van der Waals surface area contributed by atoms with E-state index in [2.05, 4.69) is 33.3 Å². The Kier molecular flexibility index (Phi) is 2.11. The summed E-state index contributed by atoms with van der Waals surface area (Å²) in [6.07, 6.45) is 1.26. The van der Waals surface area contributed by atoms with Crippen molar-refractivity contribution in [2.75, 3.05) is 24.5 Å². The molecule has 0 saturated carbocycles. The van der Waals surface area contributed by atoms with Crippen molar-refractivity contribution >= 4 is 11.6 Å². The van der Waals surface area contributed by atoms with Gasteiger partial charge >= 0.3 is 0 Å². The zero-order valence-electron chi connectivity index (χ0n) is 10.5. The molecule has 0 bridgehead atoms. The number of pyridine rings is 1. The molecule has 2 aliphatic heterocycles. The van der Waals surface area contributed by atoms with Gasteiger partial charge in [-0.1, -0.05) is 6.07 Å². The minimum absolute atomic E-state index is 0.586. The summed E-state index contributed by atoms with van der Waals surface area (Å²) in [5, 5.41) is 8.12. The molecule has 1 N–H and O–H groups in total. The van der Waals surface area contributed by atoms with Gasteiger partial charge in [-0.25, -0.2) is 4.52 Å². The zero-order chi connectivity index (χ0) is 12.1. The second kappa shape index (κ2) is 3.68. The number of hydrogen-bond donors (Lipinski definition) is 1. The van der Waals surface area contributed by atoms with E-state index in [9.17, 15) is 0 Å². The monoisotopic (exact) mass is 243 g/mol. The van der Waals surface area contributed by atoms with E-state index in [4.69, 9.17) is 0 Å².